The first-order valence-electron chi connectivity index (χ1n) is 3.48. The Kier molecular flexibility index (Phi) is 8.53. The van der Waals surface area contributed by atoms with Crippen LogP contribution < -0.4 is 0 Å². The molecular weight excluding hydrogens is 179 g/mol. The molecular formula is C6H17BO6. The molecule has 0 aromatic heterocycles. The molecule has 6 N–H and O–H groups in total. The minimum absolute atomic E-state index is 0. The molecule has 4 unspecified atom stereocenters. The summed E-state index contributed by atoms with van der Waals surface area (Å²) in [6, 6.07) is 0. The highest BCUT2D eigenvalue weighted by Crippen LogP contribution is 2.03. The molecule has 13 heavy (non-hydrogen) atoms. The Morgan fingerprint density at radius 1 is 0.692 bits per heavy atom. The van der Waals surface area contributed by atoms with Crippen molar-refractivity contribution < 1.29 is 30.6 Å². The molecule has 0 amide bonds. The summed E-state index contributed by atoms with van der Waals surface area (Å²) < 4.78 is 0. The van der Waals surface area contributed by atoms with Gasteiger partial charge in [0.2, 0.25) is 0 Å². The summed E-state index contributed by atoms with van der Waals surface area (Å²) in [4.78, 5) is 0. The smallest absolute Gasteiger partial charge is 0.111 e. The van der Waals surface area contributed by atoms with Gasteiger partial charge in [0.15, 0.2) is 0 Å². The summed E-state index contributed by atoms with van der Waals surface area (Å²) in [6.45, 7) is -1.45. The van der Waals surface area contributed by atoms with Crippen LogP contribution in [0.4, 0.5) is 0 Å². The molecule has 7 heteroatoms. The molecule has 0 saturated heterocycles. The molecule has 0 bridgehead atoms. The van der Waals surface area contributed by atoms with Gasteiger partial charge < -0.3 is 30.6 Å². The molecule has 6 nitrogen and oxygen atoms in total. The van der Waals surface area contributed by atoms with Gasteiger partial charge in [-0.05, 0) is 0 Å². The number of hydrogen-bond acceptors (Lipinski definition) is 6. The fraction of sp³-hybridized carbons (Fsp3) is 1.00. The van der Waals surface area contributed by atoms with E-state index in [2.05, 4.69) is 0 Å². The largest absolute Gasteiger partial charge is 0.394 e. The van der Waals surface area contributed by atoms with E-state index in [0.29, 0.717) is 0 Å². The molecule has 0 spiro atoms. The third kappa shape index (κ3) is 4.56. The molecule has 0 rings (SSSR count). The van der Waals surface area contributed by atoms with Gasteiger partial charge in [0.1, 0.15) is 24.4 Å². The third-order valence-electron chi connectivity index (χ3n) is 1.51. The Morgan fingerprint density at radius 3 is 1.08 bits per heavy atom. The number of hydrogen-bond donors (Lipinski definition) is 6. The Balaban J connectivity index is 0. The van der Waals surface area contributed by atoms with Crippen LogP contribution in [0.25, 0.3) is 0 Å². The fourth-order valence-electron chi connectivity index (χ4n) is 0.671. The Morgan fingerprint density at radius 2 is 0.923 bits per heavy atom. The number of rotatable bonds is 5. The average Bonchev–Trinajstić information content (AvgIpc) is 2.12. The molecule has 0 fully saturated rings. The molecule has 0 aliphatic heterocycles. The van der Waals surface area contributed by atoms with Crippen molar-refractivity contribution in [3.05, 3.63) is 0 Å². The zero-order valence-electron chi connectivity index (χ0n) is 6.41. The maximum atomic E-state index is 8.96. The van der Waals surface area contributed by atoms with Crippen LogP contribution in [0.15, 0.2) is 0 Å². The van der Waals surface area contributed by atoms with Crippen molar-refractivity contribution in [3.8, 4) is 0 Å². The van der Waals surface area contributed by atoms with Crippen LogP contribution in [0.3, 0.4) is 0 Å². The van der Waals surface area contributed by atoms with E-state index in [1.807, 2.05) is 0 Å². The van der Waals surface area contributed by atoms with Gasteiger partial charge >= 0.3 is 0 Å². The zero-order valence-corrected chi connectivity index (χ0v) is 6.41. The van der Waals surface area contributed by atoms with E-state index in [0.717, 1.165) is 0 Å². The van der Waals surface area contributed by atoms with Crippen LogP contribution in [-0.2, 0) is 0 Å². The van der Waals surface area contributed by atoms with E-state index in [1.54, 1.807) is 0 Å². The van der Waals surface area contributed by atoms with Crippen molar-refractivity contribution >= 4 is 8.41 Å². The van der Waals surface area contributed by atoms with Gasteiger partial charge in [0.25, 0.3) is 0 Å². The lowest BCUT2D eigenvalue weighted by Crippen LogP contribution is -2.46. The van der Waals surface area contributed by atoms with Crippen molar-refractivity contribution in [1.29, 1.82) is 0 Å². The molecule has 0 aliphatic rings. The molecule has 0 aromatic carbocycles. The second kappa shape index (κ2) is 7.25. The van der Waals surface area contributed by atoms with Crippen LogP contribution in [0.5, 0.6) is 0 Å². The second-order valence-corrected chi connectivity index (χ2v) is 2.48. The van der Waals surface area contributed by atoms with E-state index in [1.165, 1.54) is 0 Å². The maximum absolute atomic E-state index is 8.96. The summed E-state index contributed by atoms with van der Waals surface area (Å²) in [5, 5.41) is 52.2. The van der Waals surface area contributed by atoms with Gasteiger partial charge in [0.05, 0.1) is 21.6 Å². The molecule has 80 valence electrons. The van der Waals surface area contributed by atoms with Crippen LogP contribution >= 0.6 is 0 Å². The Bertz CT molecular complexity index is 110. The van der Waals surface area contributed by atoms with E-state index in [4.69, 9.17) is 30.6 Å². The summed E-state index contributed by atoms with van der Waals surface area (Å²) in [7, 11) is 0. The number of aliphatic hydroxyl groups excluding tert-OH is 6. The Hall–Kier alpha value is -0.175. The first-order valence-corrected chi connectivity index (χ1v) is 3.48. The summed E-state index contributed by atoms with van der Waals surface area (Å²) in [6.07, 6.45) is -6.39. The maximum Gasteiger partial charge on any atom is 0.111 e. The van der Waals surface area contributed by atoms with E-state index >= 15 is 0 Å². The SMILES string of the molecule is B.OCC(O)C(O)C(O)C(O)CO. The van der Waals surface area contributed by atoms with Crippen molar-refractivity contribution in [3.63, 3.8) is 0 Å². The molecule has 0 aliphatic carbocycles. The van der Waals surface area contributed by atoms with Crippen molar-refractivity contribution in [2.75, 3.05) is 13.2 Å². The highest BCUT2D eigenvalue weighted by molar-refractivity contribution is 5.75. The zero-order chi connectivity index (χ0) is 9.72. The normalized spacial score (nSPS) is 19.8. The molecule has 4 atom stereocenters. The number of aliphatic hydroxyl groups is 6. The van der Waals surface area contributed by atoms with Crippen LogP contribution in [0.1, 0.15) is 0 Å². The monoisotopic (exact) mass is 196 g/mol. The highest BCUT2D eigenvalue weighted by Gasteiger charge is 2.29. The van der Waals surface area contributed by atoms with Crippen molar-refractivity contribution in [2.45, 2.75) is 24.4 Å². The summed E-state index contributed by atoms with van der Waals surface area (Å²) >= 11 is 0. The summed E-state index contributed by atoms with van der Waals surface area (Å²) in [5.41, 5.74) is 0. The van der Waals surface area contributed by atoms with Gasteiger partial charge in [-0.1, -0.05) is 0 Å². The lowest BCUT2D eigenvalue weighted by molar-refractivity contribution is -0.123. The second-order valence-electron chi connectivity index (χ2n) is 2.48. The average molecular weight is 196 g/mol. The Labute approximate surface area is 77.7 Å². The third-order valence-corrected chi connectivity index (χ3v) is 1.51. The highest BCUT2D eigenvalue weighted by atomic mass is 16.4. The van der Waals surface area contributed by atoms with Gasteiger partial charge in [-0.2, -0.15) is 0 Å². The van der Waals surface area contributed by atoms with E-state index in [9.17, 15) is 0 Å². The predicted octanol–water partition coefficient (Wildman–Crippen LogP) is -4.77. The van der Waals surface area contributed by atoms with Crippen LogP contribution in [0, 0.1) is 0 Å². The van der Waals surface area contributed by atoms with Crippen LogP contribution in [0.2, 0.25) is 0 Å². The lowest BCUT2D eigenvalue weighted by Gasteiger charge is -2.24. The summed E-state index contributed by atoms with van der Waals surface area (Å²) in [5.74, 6) is 0. The van der Waals surface area contributed by atoms with Gasteiger partial charge in [-0.3, -0.25) is 0 Å². The van der Waals surface area contributed by atoms with E-state index < -0.39 is 37.6 Å². The first kappa shape index (κ1) is 15.3. The van der Waals surface area contributed by atoms with Gasteiger partial charge in [-0.15, -0.1) is 0 Å². The first-order chi connectivity index (χ1) is 5.54. The van der Waals surface area contributed by atoms with Crippen LogP contribution in [-0.4, -0.2) is 76.7 Å². The van der Waals surface area contributed by atoms with Crippen molar-refractivity contribution in [2.24, 2.45) is 0 Å². The lowest BCUT2D eigenvalue weighted by atomic mass is 10.0. The fourth-order valence-corrected chi connectivity index (χ4v) is 0.671. The van der Waals surface area contributed by atoms with Gasteiger partial charge in [-0.25, -0.2) is 0 Å². The minimum Gasteiger partial charge on any atom is -0.394 e. The van der Waals surface area contributed by atoms with Crippen molar-refractivity contribution in [1.82, 2.24) is 0 Å². The molecule has 0 saturated carbocycles. The standard InChI is InChI=1S/C6H14O6.BH3/c7-1-3(9)5(11)6(12)4(10)2-8;/h3-12H,1-2H2;1H3. The predicted molar refractivity (Wildman–Crippen MR) is 48.1 cm³/mol. The molecule has 0 aromatic rings. The topological polar surface area (TPSA) is 121 Å². The molecule has 0 radical (unpaired) electrons. The minimum atomic E-state index is -1.67. The quantitative estimate of drug-likeness (QED) is 0.245. The molecule has 0 heterocycles. The van der Waals surface area contributed by atoms with Gasteiger partial charge in [0, 0.05) is 0 Å². The van der Waals surface area contributed by atoms with E-state index in [-0.39, 0.29) is 8.41 Å².